The fourth-order valence-electron chi connectivity index (χ4n) is 3.76. The predicted molar refractivity (Wildman–Crippen MR) is 135 cm³/mol. The molecule has 0 spiro atoms. The Bertz CT molecular complexity index is 1350. The first-order valence-electron chi connectivity index (χ1n) is 11.2. The molecule has 3 N–H and O–H groups in total. The topological polar surface area (TPSA) is 146 Å². The van der Waals surface area contributed by atoms with Gasteiger partial charge in [-0.25, -0.2) is 4.79 Å². The number of nitro groups is 1. The van der Waals surface area contributed by atoms with Crippen molar-refractivity contribution in [3.8, 4) is 5.75 Å². The van der Waals surface area contributed by atoms with Crippen molar-refractivity contribution in [3.05, 3.63) is 79.1 Å². The monoisotopic (exact) mass is 517 g/mol. The zero-order valence-electron chi connectivity index (χ0n) is 20.3. The third-order valence-electron chi connectivity index (χ3n) is 5.64. The lowest BCUT2D eigenvalue weighted by atomic mass is 9.91. The number of nitro benzene ring substituents is 1. The Morgan fingerprint density at radius 3 is 2.53 bits per heavy atom. The van der Waals surface area contributed by atoms with Gasteiger partial charge in [0.05, 0.1) is 34.7 Å². The first-order chi connectivity index (χ1) is 16.8. The van der Waals surface area contributed by atoms with Crippen LogP contribution >= 0.6 is 11.6 Å². The number of halogens is 1. The molecule has 0 fully saturated rings. The Hall–Kier alpha value is -3.63. The van der Waals surface area contributed by atoms with Crippen LogP contribution in [0.3, 0.4) is 0 Å². The normalized spacial score (nSPS) is 13.3. The van der Waals surface area contributed by atoms with Crippen LogP contribution in [0.15, 0.2) is 47.3 Å². The Balaban J connectivity index is 1.91. The maximum atomic E-state index is 13.0. The second-order valence-electron chi connectivity index (χ2n) is 9.53. The molecule has 1 aromatic heterocycles. The molecule has 1 unspecified atom stereocenters. The van der Waals surface area contributed by atoms with Crippen LogP contribution in [0.4, 0.5) is 10.5 Å². The summed E-state index contributed by atoms with van der Waals surface area (Å²) in [6, 6.07) is 9.91. The third-order valence-corrected chi connectivity index (χ3v) is 5.99. The number of non-ortho nitro benzene ring substituents is 1. The van der Waals surface area contributed by atoms with Crippen LogP contribution < -0.4 is 5.56 Å². The lowest BCUT2D eigenvalue weighted by Gasteiger charge is -2.31. The fraction of sp³-hybridized carbons (Fsp3) is 0.360. The summed E-state index contributed by atoms with van der Waals surface area (Å²) in [7, 11) is 0. The number of aromatic amines is 1. The van der Waals surface area contributed by atoms with E-state index in [1.807, 2.05) is 0 Å². The number of pyridine rings is 1. The van der Waals surface area contributed by atoms with Crippen molar-refractivity contribution in [2.45, 2.75) is 51.9 Å². The number of carbonyl (C=O) groups excluding carboxylic acids is 1. The van der Waals surface area contributed by atoms with Crippen molar-refractivity contribution in [2.75, 3.05) is 6.54 Å². The van der Waals surface area contributed by atoms with Crippen molar-refractivity contribution >= 4 is 34.3 Å². The number of phenolic OH excluding ortho intramolecular Hbond substituents is 1. The summed E-state index contributed by atoms with van der Waals surface area (Å²) in [4.78, 5) is 39.1. The van der Waals surface area contributed by atoms with E-state index in [0.29, 0.717) is 16.5 Å². The molecule has 0 saturated carbocycles. The van der Waals surface area contributed by atoms with Gasteiger partial charge < -0.3 is 24.8 Å². The van der Waals surface area contributed by atoms with E-state index in [4.69, 9.17) is 16.3 Å². The average molecular weight is 518 g/mol. The zero-order valence-corrected chi connectivity index (χ0v) is 21.1. The number of ether oxygens (including phenoxy) is 1. The fourth-order valence-corrected chi connectivity index (χ4v) is 4.00. The molecule has 0 aliphatic carbocycles. The molecule has 1 amide bonds. The molecule has 2 atom stereocenters. The molecular weight excluding hydrogens is 490 g/mol. The Morgan fingerprint density at radius 1 is 1.22 bits per heavy atom. The van der Waals surface area contributed by atoms with E-state index < -0.39 is 28.6 Å². The van der Waals surface area contributed by atoms with Crippen molar-refractivity contribution in [2.24, 2.45) is 0 Å². The van der Waals surface area contributed by atoms with Gasteiger partial charge in [-0.1, -0.05) is 24.6 Å². The van der Waals surface area contributed by atoms with Gasteiger partial charge in [0.15, 0.2) is 0 Å². The van der Waals surface area contributed by atoms with Gasteiger partial charge in [-0.3, -0.25) is 14.9 Å². The summed E-state index contributed by atoms with van der Waals surface area (Å²) < 4.78 is 5.51. The Labute approximate surface area is 212 Å². The van der Waals surface area contributed by atoms with E-state index in [-0.39, 0.29) is 40.6 Å². The number of fused-ring (bicyclic) bond motifs is 1. The number of aliphatic hydroxyl groups is 1. The average Bonchev–Trinajstić information content (AvgIpc) is 2.78. The highest BCUT2D eigenvalue weighted by atomic mass is 35.5. The van der Waals surface area contributed by atoms with Gasteiger partial charge in [-0.2, -0.15) is 0 Å². The molecule has 2 aromatic carbocycles. The molecule has 192 valence electrons. The van der Waals surface area contributed by atoms with Crippen LogP contribution in [0.1, 0.15) is 44.7 Å². The molecule has 11 heteroatoms. The quantitative estimate of drug-likeness (QED) is 0.304. The van der Waals surface area contributed by atoms with Gasteiger partial charge >= 0.3 is 6.09 Å². The number of benzene rings is 2. The molecule has 0 aliphatic heterocycles. The van der Waals surface area contributed by atoms with Crippen LogP contribution in [-0.4, -0.2) is 49.4 Å². The second-order valence-corrected chi connectivity index (χ2v) is 9.94. The maximum Gasteiger partial charge on any atom is 0.410 e. The number of aromatic nitrogens is 1. The second kappa shape index (κ2) is 10.5. The maximum absolute atomic E-state index is 13.0. The standard InChI is InChI=1S/C25H28ClN3O7/c1-14(17-7-9-20(30)23-18(17)8-10-22(32)27-23)21(31)13-28(24(33)36-25(2,3)4)12-15-5-6-16(29(34)35)11-19(15)26/h5-11,14,21,30-31H,12-13H2,1-4H3,(H,27,32)/t14?,21-/m0/s1. The first kappa shape index (κ1) is 27.0. The van der Waals surface area contributed by atoms with Crippen LogP contribution in [0, 0.1) is 10.1 Å². The van der Waals surface area contributed by atoms with Gasteiger partial charge in [-0.15, -0.1) is 0 Å². The number of hydrogen-bond donors (Lipinski definition) is 3. The number of aliphatic hydroxyl groups excluding tert-OH is 1. The minimum atomic E-state index is -1.07. The van der Waals surface area contributed by atoms with E-state index in [9.17, 15) is 29.9 Å². The molecular formula is C25H28ClN3O7. The van der Waals surface area contributed by atoms with Gasteiger partial charge in [-0.05, 0) is 50.1 Å². The summed E-state index contributed by atoms with van der Waals surface area (Å²) >= 11 is 6.24. The van der Waals surface area contributed by atoms with E-state index in [2.05, 4.69) is 4.98 Å². The molecule has 0 radical (unpaired) electrons. The number of nitrogens with zero attached hydrogens (tertiary/aromatic N) is 2. The van der Waals surface area contributed by atoms with Crippen molar-refractivity contribution in [1.82, 2.24) is 9.88 Å². The number of hydrogen-bond acceptors (Lipinski definition) is 7. The molecule has 0 aliphatic rings. The van der Waals surface area contributed by atoms with Gasteiger partial charge in [0.2, 0.25) is 5.56 Å². The molecule has 0 bridgehead atoms. The van der Waals surface area contributed by atoms with E-state index in [1.165, 1.54) is 35.2 Å². The van der Waals surface area contributed by atoms with Crippen LogP contribution in [-0.2, 0) is 11.3 Å². The lowest BCUT2D eigenvalue weighted by molar-refractivity contribution is -0.384. The summed E-state index contributed by atoms with van der Waals surface area (Å²) in [6.07, 6.45) is -1.77. The smallest absolute Gasteiger partial charge is 0.410 e. The SMILES string of the molecule is CC(c1ccc(O)c2[nH]c(=O)ccc12)[C@@H](O)CN(Cc1ccc([N+](=O)[O-])cc1Cl)C(=O)OC(C)(C)C. The highest BCUT2D eigenvalue weighted by molar-refractivity contribution is 6.31. The van der Waals surface area contributed by atoms with Gasteiger partial charge in [0.25, 0.3) is 5.69 Å². The summed E-state index contributed by atoms with van der Waals surface area (Å²) in [5, 5.41) is 33.0. The number of amides is 1. The number of H-pyrrole nitrogens is 1. The molecule has 3 rings (SSSR count). The van der Waals surface area contributed by atoms with Crippen LogP contribution in [0.5, 0.6) is 5.75 Å². The molecule has 1 heterocycles. The van der Waals surface area contributed by atoms with Crippen LogP contribution in [0.2, 0.25) is 5.02 Å². The number of carbonyl (C=O) groups is 1. The summed E-state index contributed by atoms with van der Waals surface area (Å²) in [5.41, 5.74) is -0.00684. The summed E-state index contributed by atoms with van der Waals surface area (Å²) in [5.74, 6) is -0.618. The number of rotatable bonds is 7. The van der Waals surface area contributed by atoms with Crippen LogP contribution in [0.25, 0.3) is 10.9 Å². The third kappa shape index (κ3) is 6.32. The predicted octanol–water partition coefficient (Wildman–Crippen LogP) is 4.70. The van der Waals surface area contributed by atoms with E-state index in [1.54, 1.807) is 39.8 Å². The highest BCUT2D eigenvalue weighted by Crippen LogP contribution is 2.32. The molecule has 36 heavy (non-hydrogen) atoms. The van der Waals surface area contributed by atoms with E-state index >= 15 is 0 Å². The largest absolute Gasteiger partial charge is 0.506 e. The highest BCUT2D eigenvalue weighted by Gasteiger charge is 2.28. The Morgan fingerprint density at radius 2 is 1.92 bits per heavy atom. The van der Waals surface area contributed by atoms with Crippen molar-refractivity contribution in [3.63, 3.8) is 0 Å². The number of phenols is 1. The summed E-state index contributed by atoms with van der Waals surface area (Å²) in [6.45, 7) is 6.70. The Kier molecular flexibility index (Phi) is 7.90. The van der Waals surface area contributed by atoms with E-state index in [0.717, 1.165) is 0 Å². The minimum Gasteiger partial charge on any atom is -0.506 e. The van der Waals surface area contributed by atoms with Gasteiger partial charge in [0.1, 0.15) is 11.4 Å². The molecule has 3 aromatic rings. The lowest BCUT2D eigenvalue weighted by Crippen LogP contribution is -2.42. The van der Waals surface area contributed by atoms with Gasteiger partial charge in [0, 0.05) is 29.5 Å². The minimum absolute atomic E-state index is 0.0564. The van der Waals surface area contributed by atoms with Crippen molar-refractivity contribution in [1.29, 1.82) is 0 Å². The van der Waals surface area contributed by atoms with Crippen molar-refractivity contribution < 1.29 is 24.7 Å². The molecule has 0 saturated heterocycles. The molecule has 10 nitrogen and oxygen atoms in total. The number of aromatic hydroxyl groups is 1. The zero-order chi connectivity index (χ0) is 26.8. The first-order valence-corrected chi connectivity index (χ1v) is 11.6. The number of nitrogens with one attached hydrogen (secondary N) is 1.